The van der Waals surface area contributed by atoms with Gasteiger partial charge in [-0.1, -0.05) is 36.0 Å². The number of phenolic OH excluding ortho intramolecular Hbond substituents is 1. The van der Waals surface area contributed by atoms with Gasteiger partial charge in [-0.2, -0.15) is 0 Å². The van der Waals surface area contributed by atoms with Crippen molar-refractivity contribution < 1.29 is 9.90 Å². The van der Waals surface area contributed by atoms with Gasteiger partial charge in [0.15, 0.2) is 16.8 Å². The minimum atomic E-state index is -0.0843. The van der Waals surface area contributed by atoms with Crippen LogP contribution in [-0.2, 0) is 12.5 Å². The lowest BCUT2D eigenvalue weighted by Gasteiger charge is -2.21. The molecule has 2 aromatic heterocycles. The van der Waals surface area contributed by atoms with Crippen LogP contribution >= 0.6 is 11.8 Å². The van der Waals surface area contributed by atoms with Crippen LogP contribution in [0.1, 0.15) is 41.4 Å². The van der Waals surface area contributed by atoms with Gasteiger partial charge < -0.3 is 14.6 Å². The first-order chi connectivity index (χ1) is 17.9. The van der Waals surface area contributed by atoms with Gasteiger partial charge in [0.25, 0.3) is 0 Å². The van der Waals surface area contributed by atoms with Gasteiger partial charge in [-0.25, -0.2) is 0 Å². The number of ketones is 1. The number of carbonyl (C=O) groups excluding carboxylic acids is 1. The zero-order chi connectivity index (χ0) is 25.7. The summed E-state index contributed by atoms with van der Waals surface area (Å²) in [5.41, 5.74) is 4.81. The number of benzene rings is 2. The quantitative estimate of drug-likeness (QED) is 0.202. The molecule has 4 aromatic rings. The van der Waals surface area contributed by atoms with Gasteiger partial charge in [-0.3, -0.25) is 9.78 Å². The number of pyridine rings is 1. The highest BCUT2D eigenvalue weighted by Gasteiger charge is 2.60. The number of likely N-dealkylation sites (tertiary alicyclic amines) is 1. The summed E-state index contributed by atoms with van der Waals surface area (Å²) in [4.78, 5) is 19.1. The molecule has 6 rings (SSSR count). The van der Waals surface area contributed by atoms with Crippen molar-refractivity contribution in [1.29, 1.82) is 0 Å². The van der Waals surface area contributed by atoms with Crippen LogP contribution < -0.4 is 0 Å². The third-order valence-electron chi connectivity index (χ3n) is 7.96. The number of fused-ring (bicyclic) bond motifs is 2. The minimum Gasteiger partial charge on any atom is -0.507 e. The Hall–Kier alpha value is -3.23. The third kappa shape index (κ3) is 4.32. The maximum absolute atomic E-state index is 11.9. The predicted molar refractivity (Wildman–Crippen MR) is 146 cm³/mol. The SMILES string of the molecule is CC(=O)c1cc([C@@]23C[C@@H]2CN(CCCSc2nnc(-c4cccc5nc(C)ccc45)n2C)C3)ccc1O. The lowest BCUT2D eigenvalue weighted by molar-refractivity contribution is 0.101. The molecule has 0 bridgehead atoms. The second kappa shape index (κ2) is 9.26. The summed E-state index contributed by atoms with van der Waals surface area (Å²) in [6.45, 7) is 6.68. The molecule has 7 nitrogen and oxygen atoms in total. The lowest BCUT2D eigenvalue weighted by Crippen LogP contribution is -2.28. The second-order valence-corrected chi connectivity index (χ2v) is 11.5. The van der Waals surface area contributed by atoms with Crippen LogP contribution in [0.25, 0.3) is 22.3 Å². The number of nitrogens with zero attached hydrogens (tertiary/aromatic N) is 5. The Morgan fingerprint density at radius 1 is 1.19 bits per heavy atom. The number of aryl methyl sites for hydroxylation is 1. The Labute approximate surface area is 220 Å². The lowest BCUT2D eigenvalue weighted by atomic mass is 9.92. The first-order valence-electron chi connectivity index (χ1n) is 12.8. The Bertz CT molecular complexity index is 1520. The number of carbonyl (C=O) groups is 1. The van der Waals surface area contributed by atoms with Crippen molar-refractivity contribution in [1.82, 2.24) is 24.6 Å². The van der Waals surface area contributed by atoms with E-state index in [0.29, 0.717) is 11.5 Å². The number of rotatable bonds is 8. The molecule has 1 aliphatic carbocycles. The first-order valence-corrected chi connectivity index (χ1v) is 13.8. The molecular weight excluding hydrogens is 482 g/mol. The standard InChI is InChI=1S/C29H31N5O2S/c1-18-8-10-22-23(6-4-7-25(22)30-18)27-31-32-28(33(27)3)37-13-5-12-34-16-21-15-29(21,17-34)20-9-11-26(36)24(14-20)19(2)35/h4,6-11,14,21,36H,5,12-13,15-17H2,1-3H3/t21-,29+/m1/s1. The highest BCUT2D eigenvalue weighted by atomic mass is 32.2. The van der Waals surface area contributed by atoms with Gasteiger partial charge in [0.1, 0.15) is 5.75 Å². The number of piperidine rings is 1. The van der Waals surface area contributed by atoms with Crippen molar-refractivity contribution >= 4 is 28.4 Å². The highest BCUT2D eigenvalue weighted by molar-refractivity contribution is 7.99. The maximum Gasteiger partial charge on any atom is 0.191 e. The van der Waals surface area contributed by atoms with Gasteiger partial charge in [0, 0.05) is 47.9 Å². The third-order valence-corrected chi connectivity index (χ3v) is 9.07. The van der Waals surface area contributed by atoms with Gasteiger partial charge in [0.05, 0.1) is 11.1 Å². The van der Waals surface area contributed by atoms with Gasteiger partial charge >= 0.3 is 0 Å². The highest BCUT2D eigenvalue weighted by Crippen LogP contribution is 2.59. The van der Waals surface area contributed by atoms with Crippen molar-refractivity contribution in [3.63, 3.8) is 0 Å². The van der Waals surface area contributed by atoms with Gasteiger partial charge in [-0.05, 0) is 69.0 Å². The molecule has 3 heterocycles. The largest absolute Gasteiger partial charge is 0.507 e. The van der Waals surface area contributed by atoms with E-state index in [0.717, 1.165) is 64.9 Å². The summed E-state index contributed by atoms with van der Waals surface area (Å²) < 4.78 is 2.08. The van der Waals surface area contributed by atoms with Crippen molar-refractivity contribution in [2.75, 3.05) is 25.4 Å². The van der Waals surface area contributed by atoms with Gasteiger partial charge in [0.2, 0.25) is 0 Å². The smallest absolute Gasteiger partial charge is 0.191 e. The number of phenols is 1. The maximum atomic E-state index is 11.9. The molecule has 2 atom stereocenters. The molecule has 0 spiro atoms. The zero-order valence-electron chi connectivity index (χ0n) is 21.4. The zero-order valence-corrected chi connectivity index (χ0v) is 22.3. The number of hydrogen-bond acceptors (Lipinski definition) is 7. The van der Waals surface area contributed by atoms with Crippen LogP contribution in [-0.4, -0.2) is 60.9 Å². The molecule has 2 aromatic carbocycles. The van der Waals surface area contributed by atoms with E-state index < -0.39 is 0 Å². The van der Waals surface area contributed by atoms with E-state index in [1.807, 2.05) is 44.3 Å². The summed E-state index contributed by atoms with van der Waals surface area (Å²) >= 11 is 1.75. The number of Topliss-reactive ketones (excluding diaryl/α,β-unsaturated/α-hetero) is 1. The molecule has 8 heteroatoms. The summed E-state index contributed by atoms with van der Waals surface area (Å²) in [7, 11) is 2.03. The molecule has 190 valence electrons. The van der Waals surface area contributed by atoms with Crippen molar-refractivity contribution in [3.05, 3.63) is 65.4 Å². The normalized spacial score (nSPS) is 20.9. The van der Waals surface area contributed by atoms with Gasteiger partial charge in [-0.15, -0.1) is 10.2 Å². The Balaban J connectivity index is 1.07. The molecule has 37 heavy (non-hydrogen) atoms. The summed E-state index contributed by atoms with van der Waals surface area (Å²) in [6, 6.07) is 15.9. The van der Waals surface area contributed by atoms with Crippen molar-refractivity contribution in [3.8, 4) is 17.1 Å². The average molecular weight is 514 g/mol. The molecule has 1 saturated heterocycles. The Morgan fingerprint density at radius 3 is 2.89 bits per heavy atom. The predicted octanol–water partition coefficient (Wildman–Crippen LogP) is 5.00. The van der Waals surface area contributed by atoms with Crippen LogP contribution in [0, 0.1) is 12.8 Å². The fraction of sp³-hybridized carbons (Fsp3) is 0.379. The van der Waals surface area contributed by atoms with Crippen LogP contribution in [0.5, 0.6) is 5.75 Å². The average Bonchev–Trinajstić information content (AvgIpc) is 3.25. The van der Waals surface area contributed by atoms with E-state index in [1.165, 1.54) is 18.9 Å². The molecule has 0 unspecified atom stereocenters. The molecule has 1 aliphatic heterocycles. The van der Waals surface area contributed by atoms with E-state index in [9.17, 15) is 9.90 Å². The molecule has 1 N–H and O–H groups in total. The Kier molecular flexibility index (Phi) is 6.04. The van der Waals surface area contributed by atoms with Crippen LogP contribution in [0.3, 0.4) is 0 Å². The van der Waals surface area contributed by atoms with E-state index >= 15 is 0 Å². The van der Waals surface area contributed by atoms with E-state index in [1.54, 1.807) is 17.8 Å². The molecule has 2 aliphatic rings. The van der Waals surface area contributed by atoms with E-state index in [-0.39, 0.29) is 16.9 Å². The van der Waals surface area contributed by atoms with Crippen LogP contribution in [0.4, 0.5) is 0 Å². The fourth-order valence-corrected chi connectivity index (χ4v) is 6.75. The number of thioether (sulfide) groups is 1. The molecule has 2 fully saturated rings. The summed E-state index contributed by atoms with van der Waals surface area (Å²) in [6.07, 6.45) is 2.24. The Morgan fingerprint density at radius 2 is 2.05 bits per heavy atom. The fourth-order valence-electron chi connectivity index (χ4n) is 5.91. The minimum absolute atomic E-state index is 0.0795. The molecule has 1 saturated carbocycles. The van der Waals surface area contributed by atoms with E-state index in [4.69, 9.17) is 0 Å². The molecular formula is C29H31N5O2S. The monoisotopic (exact) mass is 513 g/mol. The number of hydrogen-bond donors (Lipinski definition) is 1. The molecule has 0 radical (unpaired) electrons. The number of aromatic hydroxyl groups is 1. The molecule has 0 amide bonds. The van der Waals surface area contributed by atoms with Crippen LogP contribution in [0.15, 0.2) is 53.7 Å². The first kappa shape index (κ1) is 24.1. The number of aromatic nitrogens is 4. The second-order valence-electron chi connectivity index (χ2n) is 10.5. The van der Waals surface area contributed by atoms with Crippen molar-refractivity contribution in [2.24, 2.45) is 13.0 Å². The topological polar surface area (TPSA) is 84.1 Å². The summed E-state index contributed by atoms with van der Waals surface area (Å²) in [5, 5.41) is 21.0. The van der Waals surface area contributed by atoms with Crippen molar-refractivity contribution in [2.45, 2.75) is 37.3 Å². The van der Waals surface area contributed by atoms with E-state index in [2.05, 4.69) is 36.8 Å². The van der Waals surface area contributed by atoms with Crippen LogP contribution in [0.2, 0.25) is 0 Å². The summed E-state index contributed by atoms with van der Waals surface area (Å²) in [5.74, 6) is 2.48.